The van der Waals surface area contributed by atoms with Crippen molar-refractivity contribution in [1.29, 1.82) is 0 Å². The molecule has 0 bridgehead atoms. The summed E-state index contributed by atoms with van der Waals surface area (Å²) in [5, 5.41) is 10.2. The van der Waals surface area contributed by atoms with E-state index in [0.29, 0.717) is 18.3 Å². The van der Waals surface area contributed by atoms with Crippen LogP contribution in [-0.2, 0) is 9.53 Å². The number of nitrogens with zero attached hydrogens (tertiary/aromatic N) is 2. The molecule has 0 amide bonds. The number of rotatable bonds is 5. The van der Waals surface area contributed by atoms with Crippen molar-refractivity contribution in [1.82, 2.24) is 4.98 Å². The summed E-state index contributed by atoms with van der Waals surface area (Å²) in [5.41, 5.74) is 3.50. The number of carbonyl (C=O) groups is 1. The topological polar surface area (TPSA) is 97.8 Å². The highest BCUT2D eigenvalue weighted by molar-refractivity contribution is 6.15. The molecule has 0 aliphatic rings. The van der Waals surface area contributed by atoms with Gasteiger partial charge in [0.1, 0.15) is 17.1 Å². The van der Waals surface area contributed by atoms with E-state index in [2.05, 4.69) is 14.7 Å². The van der Waals surface area contributed by atoms with Crippen LogP contribution in [0.25, 0.3) is 5.76 Å². The number of anilines is 1. The number of aliphatic hydroxyl groups excluding tert-OH is 1. The Morgan fingerprint density at radius 1 is 1.11 bits per heavy atom. The molecule has 1 aromatic heterocycles. The standard InChI is InChI=1S/C17H12F5N3O3/c1-2-28-17(27)8(6-24-16-13(22)5-12(21)15(23)25-16)14(26)7-3-10(19)11(20)4-9(7)18/h3-6,26H,2H2,1H3,(H2,23,25)/b14-8+,24-6+. The Morgan fingerprint density at radius 2 is 1.71 bits per heavy atom. The van der Waals surface area contributed by atoms with Crippen molar-refractivity contribution >= 4 is 29.6 Å². The number of nitrogens with two attached hydrogens (primary N) is 1. The number of benzene rings is 1. The van der Waals surface area contributed by atoms with Crippen LogP contribution in [0.3, 0.4) is 0 Å². The van der Waals surface area contributed by atoms with E-state index in [1.165, 1.54) is 6.92 Å². The third-order valence-electron chi connectivity index (χ3n) is 3.27. The predicted molar refractivity (Wildman–Crippen MR) is 89.2 cm³/mol. The van der Waals surface area contributed by atoms with Gasteiger partial charge in [0.05, 0.1) is 12.2 Å². The van der Waals surface area contributed by atoms with E-state index >= 15 is 0 Å². The molecule has 11 heteroatoms. The van der Waals surface area contributed by atoms with Crippen molar-refractivity contribution in [2.75, 3.05) is 12.3 Å². The van der Waals surface area contributed by atoms with Gasteiger partial charge in [-0.05, 0) is 13.0 Å². The molecule has 2 rings (SSSR count). The Morgan fingerprint density at radius 3 is 2.36 bits per heavy atom. The number of aliphatic imine (C=N–C) groups is 1. The number of hydrogen-bond donors (Lipinski definition) is 2. The minimum absolute atomic E-state index is 0.155. The number of hydrogen-bond acceptors (Lipinski definition) is 6. The highest BCUT2D eigenvalue weighted by Gasteiger charge is 2.21. The van der Waals surface area contributed by atoms with Crippen LogP contribution in [0.1, 0.15) is 12.5 Å². The number of aromatic nitrogens is 1. The van der Waals surface area contributed by atoms with Gasteiger partial charge in [0, 0.05) is 18.3 Å². The number of pyridine rings is 1. The van der Waals surface area contributed by atoms with Crippen molar-refractivity contribution < 1.29 is 36.6 Å². The smallest absolute Gasteiger partial charge is 0.343 e. The molecule has 0 atom stereocenters. The highest BCUT2D eigenvalue weighted by Crippen LogP contribution is 2.24. The largest absolute Gasteiger partial charge is 0.506 e. The maximum Gasteiger partial charge on any atom is 0.343 e. The monoisotopic (exact) mass is 401 g/mol. The lowest BCUT2D eigenvalue weighted by molar-refractivity contribution is -0.137. The Kier molecular flexibility index (Phi) is 6.29. The van der Waals surface area contributed by atoms with Gasteiger partial charge in [0.2, 0.25) is 0 Å². The van der Waals surface area contributed by atoms with Crippen LogP contribution in [-0.4, -0.2) is 28.9 Å². The van der Waals surface area contributed by atoms with Crippen LogP contribution in [0.2, 0.25) is 0 Å². The molecule has 148 valence electrons. The molecule has 0 fully saturated rings. The molecule has 0 saturated carbocycles. The van der Waals surface area contributed by atoms with Gasteiger partial charge in [-0.1, -0.05) is 0 Å². The number of ether oxygens (including phenoxy) is 1. The molecule has 1 aromatic carbocycles. The van der Waals surface area contributed by atoms with E-state index in [-0.39, 0.29) is 12.7 Å². The van der Waals surface area contributed by atoms with Gasteiger partial charge in [0.15, 0.2) is 34.9 Å². The molecule has 3 N–H and O–H groups in total. The second-order valence-electron chi connectivity index (χ2n) is 5.15. The predicted octanol–water partition coefficient (Wildman–Crippen LogP) is 3.59. The van der Waals surface area contributed by atoms with E-state index in [0.717, 1.165) is 0 Å². The SMILES string of the molecule is CCOC(=O)C(/C=N/c1nc(N)c(F)cc1F)=C(/O)c1cc(F)c(F)cc1F. The number of carbonyl (C=O) groups excluding carboxylic acids is 1. The van der Waals surface area contributed by atoms with Gasteiger partial charge in [-0.25, -0.2) is 36.7 Å². The van der Waals surface area contributed by atoms with Crippen molar-refractivity contribution in [2.24, 2.45) is 4.99 Å². The van der Waals surface area contributed by atoms with Crippen LogP contribution in [0.15, 0.2) is 28.8 Å². The summed E-state index contributed by atoms with van der Waals surface area (Å²) in [7, 11) is 0. The number of aliphatic hydroxyl groups is 1. The van der Waals surface area contributed by atoms with E-state index in [4.69, 9.17) is 5.73 Å². The first-order chi connectivity index (χ1) is 13.1. The number of nitrogen functional groups attached to an aromatic ring is 1. The molecule has 1 heterocycles. The second kappa shape index (κ2) is 8.46. The first-order valence-electron chi connectivity index (χ1n) is 7.56. The first kappa shape index (κ1) is 20.8. The minimum Gasteiger partial charge on any atom is -0.506 e. The van der Waals surface area contributed by atoms with E-state index in [1.807, 2.05) is 0 Å². The number of halogens is 5. The average Bonchev–Trinajstić information content (AvgIpc) is 2.62. The maximum atomic E-state index is 13.9. The van der Waals surface area contributed by atoms with Gasteiger partial charge in [-0.3, -0.25) is 0 Å². The van der Waals surface area contributed by atoms with E-state index in [9.17, 15) is 31.9 Å². The molecule has 0 aliphatic heterocycles. The lowest BCUT2D eigenvalue weighted by Crippen LogP contribution is -2.12. The quantitative estimate of drug-likeness (QED) is 0.199. The van der Waals surface area contributed by atoms with E-state index in [1.54, 1.807) is 0 Å². The zero-order valence-corrected chi connectivity index (χ0v) is 14.1. The lowest BCUT2D eigenvalue weighted by Gasteiger charge is -2.08. The molecule has 0 aliphatic carbocycles. The zero-order valence-electron chi connectivity index (χ0n) is 14.1. The molecule has 6 nitrogen and oxygen atoms in total. The van der Waals surface area contributed by atoms with Crippen molar-refractivity contribution in [3.8, 4) is 0 Å². The summed E-state index contributed by atoms with van der Waals surface area (Å²) >= 11 is 0. The van der Waals surface area contributed by atoms with Crippen molar-refractivity contribution in [3.05, 3.63) is 58.4 Å². The van der Waals surface area contributed by atoms with E-state index < -0.39 is 63.6 Å². The summed E-state index contributed by atoms with van der Waals surface area (Å²) in [6, 6.07) is 0.849. The Labute approximate surface area is 154 Å². The normalized spacial score (nSPS) is 12.2. The van der Waals surface area contributed by atoms with Gasteiger partial charge in [0.25, 0.3) is 0 Å². The molecule has 0 unspecified atom stereocenters. The third kappa shape index (κ3) is 4.42. The summed E-state index contributed by atoms with van der Waals surface area (Å²) in [4.78, 5) is 18.8. The average molecular weight is 401 g/mol. The minimum atomic E-state index is -1.52. The lowest BCUT2D eigenvalue weighted by atomic mass is 10.1. The summed E-state index contributed by atoms with van der Waals surface area (Å²) < 4.78 is 71.8. The van der Waals surface area contributed by atoms with Crippen LogP contribution in [0.5, 0.6) is 0 Å². The Hall–Kier alpha value is -3.50. The van der Waals surface area contributed by atoms with Gasteiger partial charge in [-0.15, -0.1) is 0 Å². The van der Waals surface area contributed by atoms with Crippen LogP contribution in [0.4, 0.5) is 33.6 Å². The van der Waals surface area contributed by atoms with Crippen molar-refractivity contribution in [3.63, 3.8) is 0 Å². The second-order valence-corrected chi connectivity index (χ2v) is 5.15. The van der Waals surface area contributed by atoms with Gasteiger partial charge in [-0.2, -0.15) is 0 Å². The van der Waals surface area contributed by atoms with Crippen LogP contribution in [0, 0.1) is 29.1 Å². The first-order valence-corrected chi connectivity index (χ1v) is 7.56. The molecule has 0 saturated heterocycles. The Balaban J connectivity index is 2.60. The van der Waals surface area contributed by atoms with Gasteiger partial charge >= 0.3 is 5.97 Å². The molecule has 0 radical (unpaired) electrons. The third-order valence-corrected chi connectivity index (χ3v) is 3.27. The summed E-state index contributed by atoms with van der Waals surface area (Å²) in [6.07, 6.45) is 0.538. The summed E-state index contributed by atoms with van der Waals surface area (Å²) in [6.45, 7) is 1.25. The fourth-order valence-corrected chi connectivity index (χ4v) is 1.96. The molecule has 2 aromatic rings. The molecular weight excluding hydrogens is 389 g/mol. The number of esters is 1. The van der Waals surface area contributed by atoms with Crippen LogP contribution < -0.4 is 5.73 Å². The van der Waals surface area contributed by atoms with Crippen molar-refractivity contribution in [2.45, 2.75) is 6.92 Å². The molecular formula is C17H12F5N3O3. The highest BCUT2D eigenvalue weighted by atomic mass is 19.2. The molecule has 0 spiro atoms. The van der Waals surface area contributed by atoms with Gasteiger partial charge < -0.3 is 15.6 Å². The van der Waals surface area contributed by atoms with Crippen LogP contribution >= 0.6 is 0 Å². The fourth-order valence-electron chi connectivity index (χ4n) is 1.96. The fraction of sp³-hybridized carbons (Fsp3) is 0.118. The zero-order chi connectivity index (χ0) is 21.0. The molecule has 28 heavy (non-hydrogen) atoms. The summed E-state index contributed by atoms with van der Waals surface area (Å²) in [5.74, 6) is -10.6. The maximum absolute atomic E-state index is 13.9. The Bertz CT molecular complexity index is 992.